The maximum Gasteiger partial charge on any atom is 0.301 e. The third kappa shape index (κ3) is 5.10. The highest BCUT2D eigenvalue weighted by atomic mass is 32.1. The first-order valence-corrected chi connectivity index (χ1v) is 13.7. The normalized spacial score (nSPS) is 16.5. The van der Waals surface area contributed by atoms with Gasteiger partial charge in [0, 0.05) is 18.0 Å². The van der Waals surface area contributed by atoms with Crippen LogP contribution in [0, 0.1) is 0 Å². The lowest BCUT2D eigenvalue weighted by atomic mass is 9.95. The number of fused-ring (bicyclic) bond motifs is 1. The minimum atomic E-state index is -0.960. The first-order valence-electron chi connectivity index (χ1n) is 12.9. The highest BCUT2D eigenvalue weighted by molar-refractivity contribution is 7.22. The van der Waals surface area contributed by atoms with E-state index in [9.17, 15) is 14.7 Å². The van der Waals surface area contributed by atoms with E-state index < -0.39 is 17.7 Å². The number of aliphatic hydroxyl groups is 1. The molecule has 3 heterocycles. The van der Waals surface area contributed by atoms with Gasteiger partial charge in [-0.2, -0.15) is 0 Å². The number of anilines is 1. The molecule has 1 N–H and O–H groups in total. The molecule has 9 nitrogen and oxygen atoms in total. The highest BCUT2D eigenvalue weighted by Gasteiger charge is 2.48. The maximum absolute atomic E-state index is 13.6. The number of ether oxygens (including phenoxy) is 3. The van der Waals surface area contributed by atoms with E-state index in [0.717, 1.165) is 24.0 Å². The SMILES string of the molecule is CCCCCOc1ccc(C2C(=C(O)c3ccncc3)C(=O)C(=O)N2c2nc3ccc(OC)cc3s2)cc1OC. The molecule has 1 saturated heterocycles. The van der Waals surface area contributed by atoms with Crippen molar-refractivity contribution in [3.63, 3.8) is 0 Å². The van der Waals surface area contributed by atoms with Gasteiger partial charge in [0.25, 0.3) is 5.78 Å². The van der Waals surface area contributed by atoms with E-state index >= 15 is 0 Å². The molecule has 1 atom stereocenters. The van der Waals surface area contributed by atoms with Crippen molar-refractivity contribution in [3.05, 3.63) is 77.6 Å². The number of nitrogens with zero attached hydrogens (tertiary/aromatic N) is 3. The Morgan fingerprint density at radius 3 is 2.52 bits per heavy atom. The van der Waals surface area contributed by atoms with Crippen LogP contribution in [0.2, 0.25) is 0 Å². The fourth-order valence-corrected chi connectivity index (χ4v) is 5.66. The van der Waals surface area contributed by atoms with Crippen molar-refractivity contribution in [1.29, 1.82) is 0 Å². The van der Waals surface area contributed by atoms with Crippen molar-refractivity contribution >= 4 is 44.1 Å². The standard InChI is InChI=1S/C30H29N3O6S/c1-4-5-6-15-39-22-10-7-19(16-23(22)38-3)26-25(27(34)18-11-13-31-14-12-18)28(35)29(36)33(26)30-32-21-9-8-20(37-2)17-24(21)40-30/h7-14,16-17,26,34H,4-6,15H2,1-3H3. The Labute approximate surface area is 235 Å². The molecule has 0 aliphatic carbocycles. The Bertz CT molecular complexity index is 1580. The fraction of sp³-hybridized carbons (Fsp3) is 0.267. The van der Waals surface area contributed by atoms with Gasteiger partial charge in [-0.15, -0.1) is 0 Å². The third-order valence-electron chi connectivity index (χ3n) is 6.70. The number of thiazole rings is 1. The number of amides is 1. The summed E-state index contributed by atoms with van der Waals surface area (Å²) in [5.74, 6) is -0.230. The summed E-state index contributed by atoms with van der Waals surface area (Å²) < 4.78 is 17.7. The first-order chi connectivity index (χ1) is 19.5. The number of pyridine rings is 1. The summed E-state index contributed by atoms with van der Waals surface area (Å²) in [6.07, 6.45) is 6.06. The zero-order chi connectivity index (χ0) is 28.2. The van der Waals surface area contributed by atoms with Crippen LogP contribution in [0.3, 0.4) is 0 Å². The average Bonchev–Trinajstić information content (AvgIpc) is 3.52. The number of aromatic nitrogens is 2. The molecule has 1 unspecified atom stereocenters. The second-order valence-electron chi connectivity index (χ2n) is 9.20. The molecule has 1 aliphatic heterocycles. The maximum atomic E-state index is 13.6. The molecular weight excluding hydrogens is 530 g/mol. The minimum absolute atomic E-state index is 0.0493. The van der Waals surface area contributed by atoms with Crippen LogP contribution in [-0.2, 0) is 9.59 Å². The van der Waals surface area contributed by atoms with E-state index in [1.54, 1.807) is 49.6 Å². The van der Waals surface area contributed by atoms with E-state index in [-0.39, 0.29) is 11.3 Å². The first kappa shape index (κ1) is 27.1. The van der Waals surface area contributed by atoms with E-state index in [0.29, 0.717) is 45.6 Å². The monoisotopic (exact) mass is 559 g/mol. The average molecular weight is 560 g/mol. The number of methoxy groups -OCH3 is 2. The van der Waals surface area contributed by atoms with Gasteiger partial charge in [-0.3, -0.25) is 19.5 Å². The molecule has 0 bridgehead atoms. The predicted molar refractivity (Wildman–Crippen MR) is 153 cm³/mol. The Morgan fingerprint density at radius 1 is 1.00 bits per heavy atom. The topological polar surface area (TPSA) is 111 Å². The van der Waals surface area contributed by atoms with Crippen LogP contribution in [0.15, 0.2) is 66.5 Å². The molecule has 1 fully saturated rings. The number of hydrogen-bond acceptors (Lipinski definition) is 9. The van der Waals surface area contributed by atoms with Gasteiger partial charge in [-0.25, -0.2) is 4.98 Å². The van der Waals surface area contributed by atoms with Crippen molar-refractivity contribution in [2.45, 2.75) is 32.2 Å². The number of aliphatic hydroxyl groups excluding tert-OH is 1. The molecule has 0 saturated carbocycles. The van der Waals surface area contributed by atoms with Gasteiger partial charge in [-0.1, -0.05) is 37.2 Å². The number of hydrogen-bond donors (Lipinski definition) is 1. The minimum Gasteiger partial charge on any atom is -0.507 e. The Hall–Kier alpha value is -4.44. The number of ketones is 1. The van der Waals surface area contributed by atoms with E-state index in [4.69, 9.17) is 14.2 Å². The largest absolute Gasteiger partial charge is 0.507 e. The molecule has 0 spiro atoms. The molecule has 4 aromatic rings. The van der Waals surface area contributed by atoms with Crippen LogP contribution >= 0.6 is 11.3 Å². The summed E-state index contributed by atoms with van der Waals surface area (Å²) >= 11 is 1.26. The van der Waals surface area contributed by atoms with Crippen LogP contribution in [0.25, 0.3) is 16.0 Å². The molecule has 5 rings (SSSR count). The second-order valence-corrected chi connectivity index (χ2v) is 10.2. The Kier molecular flexibility index (Phi) is 7.97. The zero-order valence-electron chi connectivity index (χ0n) is 22.4. The van der Waals surface area contributed by atoms with Gasteiger partial charge in [0.15, 0.2) is 16.6 Å². The van der Waals surface area contributed by atoms with Gasteiger partial charge in [-0.05, 0) is 54.4 Å². The molecule has 1 amide bonds. The highest BCUT2D eigenvalue weighted by Crippen LogP contribution is 2.46. The van der Waals surface area contributed by atoms with Crippen LogP contribution in [0.1, 0.15) is 43.4 Å². The summed E-state index contributed by atoms with van der Waals surface area (Å²) in [6.45, 7) is 2.67. The van der Waals surface area contributed by atoms with Crippen molar-refractivity contribution in [1.82, 2.24) is 9.97 Å². The van der Waals surface area contributed by atoms with Crippen molar-refractivity contribution in [2.24, 2.45) is 0 Å². The van der Waals surface area contributed by atoms with Gasteiger partial charge >= 0.3 is 5.91 Å². The lowest BCUT2D eigenvalue weighted by Crippen LogP contribution is -2.29. The number of carbonyl (C=O) groups is 2. The van der Waals surface area contributed by atoms with Crippen LogP contribution in [0.4, 0.5) is 5.13 Å². The third-order valence-corrected chi connectivity index (χ3v) is 7.71. The zero-order valence-corrected chi connectivity index (χ0v) is 23.2. The van der Waals surface area contributed by atoms with E-state index in [1.807, 2.05) is 6.07 Å². The lowest BCUT2D eigenvalue weighted by molar-refractivity contribution is -0.132. The number of benzene rings is 2. The summed E-state index contributed by atoms with van der Waals surface area (Å²) in [4.78, 5) is 37.1. The predicted octanol–water partition coefficient (Wildman–Crippen LogP) is 5.90. The quantitative estimate of drug-likeness (QED) is 0.111. The molecule has 2 aromatic heterocycles. The number of carbonyl (C=O) groups excluding carboxylic acids is 2. The van der Waals surface area contributed by atoms with Gasteiger partial charge < -0.3 is 19.3 Å². The summed E-state index contributed by atoms with van der Waals surface area (Å²) in [5, 5.41) is 11.6. The molecule has 1 aliphatic rings. The van der Waals surface area contributed by atoms with Gasteiger partial charge in [0.2, 0.25) is 0 Å². The molecule has 2 aromatic carbocycles. The van der Waals surface area contributed by atoms with Crippen LogP contribution in [0.5, 0.6) is 17.2 Å². The molecule has 0 radical (unpaired) electrons. The van der Waals surface area contributed by atoms with Gasteiger partial charge in [0.1, 0.15) is 11.5 Å². The second kappa shape index (κ2) is 11.7. The van der Waals surface area contributed by atoms with Gasteiger partial charge in [0.05, 0.1) is 42.7 Å². The van der Waals surface area contributed by atoms with Crippen molar-refractivity contribution < 1.29 is 28.9 Å². The number of unbranched alkanes of at least 4 members (excludes halogenated alkanes) is 2. The lowest BCUT2D eigenvalue weighted by Gasteiger charge is -2.24. The Balaban J connectivity index is 1.64. The van der Waals surface area contributed by atoms with Crippen LogP contribution < -0.4 is 19.1 Å². The molecule has 40 heavy (non-hydrogen) atoms. The van der Waals surface area contributed by atoms with Crippen molar-refractivity contribution in [2.75, 3.05) is 25.7 Å². The summed E-state index contributed by atoms with van der Waals surface area (Å²) in [6, 6.07) is 12.9. The molecule has 10 heteroatoms. The summed E-state index contributed by atoms with van der Waals surface area (Å²) in [7, 11) is 3.11. The number of rotatable bonds is 10. The van der Waals surface area contributed by atoms with Crippen molar-refractivity contribution in [3.8, 4) is 17.2 Å². The van der Waals surface area contributed by atoms with Crippen LogP contribution in [-0.4, -0.2) is 47.6 Å². The smallest absolute Gasteiger partial charge is 0.301 e. The molecular formula is C30H29N3O6S. The summed E-state index contributed by atoms with van der Waals surface area (Å²) in [5.41, 5.74) is 1.54. The Morgan fingerprint density at radius 2 is 1.80 bits per heavy atom. The van der Waals surface area contributed by atoms with E-state index in [1.165, 1.54) is 35.7 Å². The number of Topliss-reactive ketones (excluding diaryl/α,β-unsaturated/α-hetero) is 1. The molecule has 206 valence electrons. The fourth-order valence-electron chi connectivity index (χ4n) is 4.64. The van der Waals surface area contributed by atoms with E-state index in [2.05, 4.69) is 16.9 Å².